The maximum Gasteiger partial charge on any atom is 0.275 e. The Kier molecular flexibility index (Phi) is 1.87. The number of hydrogen-bond acceptors (Lipinski definition) is 4. The second kappa shape index (κ2) is 3.39. The van der Waals surface area contributed by atoms with Crippen molar-refractivity contribution in [3.05, 3.63) is 23.9 Å². The number of ether oxygens (including phenoxy) is 1. The van der Waals surface area contributed by atoms with Gasteiger partial charge in [0.2, 0.25) is 0 Å². The van der Waals surface area contributed by atoms with Gasteiger partial charge >= 0.3 is 0 Å². The average Bonchev–Trinajstić information content (AvgIpc) is 3.23. The summed E-state index contributed by atoms with van der Waals surface area (Å²) in [4.78, 5) is 17.2. The number of methoxy groups -OCH3 is 1. The van der Waals surface area contributed by atoms with Gasteiger partial charge in [-0.1, -0.05) is 0 Å². The number of benzene rings is 1. The summed E-state index contributed by atoms with van der Waals surface area (Å²) in [6, 6.07) is 6.59. The molecular formula is C15H16N4O2. The van der Waals surface area contributed by atoms with Gasteiger partial charge in [-0.3, -0.25) is 14.8 Å². The SMILES string of the molecule is COc1ccc2c(C(=O)N3C[C@H]4N(C)C45C[C@H]35)n[nH]c2c1. The lowest BCUT2D eigenvalue weighted by Crippen LogP contribution is -2.36. The van der Waals surface area contributed by atoms with Crippen molar-refractivity contribution in [2.24, 2.45) is 0 Å². The highest BCUT2D eigenvalue weighted by Gasteiger charge is 2.82. The third-order valence-corrected chi connectivity index (χ3v) is 5.55. The van der Waals surface area contributed by atoms with E-state index in [-0.39, 0.29) is 5.91 Å². The first-order chi connectivity index (χ1) is 10.2. The van der Waals surface area contributed by atoms with Crippen LogP contribution in [0.25, 0.3) is 10.9 Å². The molecule has 108 valence electrons. The first-order valence-corrected chi connectivity index (χ1v) is 7.23. The molecule has 6 heteroatoms. The van der Waals surface area contributed by atoms with Gasteiger partial charge in [0.15, 0.2) is 5.69 Å². The number of fused-ring (bicyclic) bond motifs is 1. The van der Waals surface area contributed by atoms with Crippen molar-refractivity contribution >= 4 is 16.8 Å². The third-order valence-electron chi connectivity index (χ3n) is 5.55. The maximum absolute atomic E-state index is 12.8. The predicted octanol–water partition coefficient (Wildman–Crippen LogP) is 0.852. The van der Waals surface area contributed by atoms with E-state index in [1.165, 1.54) is 0 Å². The van der Waals surface area contributed by atoms with Crippen molar-refractivity contribution in [2.45, 2.75) is 24.0 Å². The minimum Gasteiger partial charge on any atom is -0.497 e. The predicted molar refractivity (Wildman–Crippen MR) is 76.4 cm³/mol. The number of H-pyrrole nitrogens is 1. The minimum absolute atomic E-state index is 0.0499. The number of hydrogen-bond donors (Lipinski definition) is 1. The van der Waals surface area contributed by atoms with E-state index < -0.39 is 0 Å². The lowest BCUT2D eigenvalue weighted by atomic mass is 10.2. The first kappa shape index (κ1) is 11.6. The molecule has 2 unspecified atom stereocenters. The Morgan fingerprint density at radius 3 is 3.00 bits per heavy atom. The number of aromatic nitrogens is 2. The number of likely N-dealkylation sites (tertiary alicyclic amines) is 1. The Hall–Kier alpha value is -2.08. The second-order valence-corrected chi connectivity index (χ2v) is 6.28. The highest BCUT2D eigenvalue weighted by molar-refractivity contribution is 6.05. The van der Waals surface area contributed by atoms with Crippen LogP contribution in [0.1, 0.15) is 16.9 Å². The van der Waals surface area contributed by atoms with Crippen molar-refractivity contribution in [3.8, 4) is 5.75 Å². The van der Waals surface area contributed by atoms with Crippen LogP contribution in [0, 0.1) is 0 Å². The molecule has 1 amide bonds. The van der Waals surface area contributed by atoms with E-state index >= 15 is 0 Å². The summed E-state index contributed by atoms with van der Waals surface area (Å²) in [5, 5.41) is 8.04. The van der Waals surface area contributed by atoms with Gasteiger partial charge in [0.05, 0.1) is 24.2 Å². The Balaban J connectivity index is 1.49. The molecule has 1 aromatic carbocycles. The van der Waals surface area contributed by atoms with Crippen molar-refractivity contribution in [2.75, 3.05) is 20.7 Å². The Morgan fingerprint density at radius 1 is 1.48 bits per heavy atom. The molecule has 5 rings (SSSR count). The molecule has 4 atom stereocenters. The Labute approximate surface area is 121 Å². The van der Waals surface area contributed by atoms with Crippen LogP contribution in [0.3, 0.4) is 0 Å². The number of piperazine rings is 1. The minimum atomic E-state index is 0.0499. The molecule has 0 radical (unpaired) electrons. The third kappa shape index (κ3) is 1.22. The zero-order valence-corrected chi connectivity index (χ0v) is 12.0. The average molecular weight is 284 g/mol. The van der Waals surface area contributed by atoms with Crippen molar-refractivity contribution in [3.63, 3.8) is 0 Å². The van der Waals surface area contributed by atoms with E-state index in [9.17, 15) is 4.79 Å². The van der Waals surface area contributed by atoms with E-state index in [2.05, 4.69) is 22.1 Å². The molecule has 2 aromatic rings. The molecule has 1 spiro atoms. The summed E-state index contributed by atoms with van der Waals surface area (Å²) < 4.78 is 5.20. The highest BCUT2D eigenvalue weighted by atomic mass is 16.5. The van der Waals surface area contributed by atoms with Crippen LogP contribution in [0.15, 0.2) is 18.2 Å². The summed E-state index contributed by atoms with van der Waals surface area (Å²) in [7, 11) is 3.78. The number of nitrogens with one attached hydrogen (secondary N) is 1. The van der Waals surface area contributed by atoms with Crippen LogP contribution in [0.4, 0.5) is 0 Å². The molecule has 1 aliphatic carbocycles. The maximum atomic E-state index is 12.8. The number of carbonyl (C=O) groups excluding carboxylic acids is 1. The van der Waals surface area contributed by atoms with Crippen LogP contribution in [-0.4, -0.2) is 64.2 Å². The summed E-state index contributed by atoms with van der Waals surface area (Å²) in [6.45, 7) is 0.838. The van der Waals surface area contributed by atoms with Gasteiger partial charge in [-0.15, -0.1) is 0 Å². The normalized spacial score (nSPS) is 35.5. The first-order valence-electron chi connectivity index (χ1n) is 7.23. The fourth-order valence-corrected chi connectivity index (χ4v) is 4.18. The number of carbonyl (C=O) groups is 1. The Bertz CT molecular complexity index is 785. The lowest BCUT2D eigenvalue weighted by molar-refractivity contribution is 0.0741. The van der Waals surface area contributed by atoms with Gasteiger partial charge in [-0.2, -0.15) is 5.10 Å². The van der Waals surface area contributed by atoms with Crippen LogP contribution in [0.5, 0.6) is 5.75 Å². The number of nitrogens with zero attached hydrogens (tertiary/aromatic N) is 3. The number of likely N-dealkylation sites (N-methyl/N-ethyl adjacent to an activating group) is 1. The van der Waals surface area contributed by atoms with Crippen LogP contribution in [-0.2, 0) is 0 Å². The molecule has 2 aliphatic heterocycles. The summed E-state index contributed by atoms with van der Waals surface area (Å²) in [6.07, 6.45) is 1.12. The molecule has 6 nitrogen and oxygen atoms in total. The van der Waals surface area contributed by atoms with Gasteiger partial charge in [0.25, 0.3) is 5.91 Å². The van der Waals surface area contributed by atoms with E-state index in [1.54, 1.807) is 7.11 Å². The monoisotopic (exact) mass is 284 g/mol. The fourth-order valence-electron chi connectivity index (χ4n) is 4.18. The number of rotatable bonds is 2. The summed E-state index contributed by atoms with van der Waals surface area (Å²) >= 11 is 0. The summed E-state index contributed by atoms with van der Waals surface area (Å²) in [5.74, 6) is 0.809. The largest absolute Gasteiger partial charge is 0.497 e. The molecule has 1 saturated carbocycles. The van der Waals surface area contributed by atoms with Crippen LogP contribution < -0.4 is 4.74 Å². The second-order valence-electron chi connectivity index (χ2n) is 6.28. The quantitative estimate of drug-likeness (QED) is 0.831. The lowest BCUT2D eigenvalue weighted by Gasteiger charge is -2.19. The van der Waals surface area contributed by atoms with E-state index in [0.29, 0.717) is 23.3 Å². The molecule has 21 heavy (non-hydrogen) atoms. The van der Waals surface area contributed by atoms with Gasteiger partial charge in [0.1, 0.15) is 5.75 Å². The molecule has 3 fully saturated rings. The molecule has 2 saturated heterocycles. The van der Waals surface area contributed by atoms with Gasteiger partial charge in [0, 0.05) is 24.0 Å². The number of amides is 1. The van der Waals surface area contributed by atoms with Gasteiger partial charge in [-0.25, -0.2) is 0 Å². The van der Waals surface area contributed by atoms with Crippen molar-refractivity contribution in [1.82, 2.24) is 20.0 Å². The molecule has 3 heterocycles. The van der Waals surface area contributed by atoms with Gasteiger partial charge < -0.3 is 9.64 Å². The zero-order chi connectivity index (χ0) is 14.4. The Morgan fingerprint density at radius 2 is 2.33 bits per heavy atom. The van der Waals surface area contributed by atoms with Gasteiger partial charge in [-0.05, 0) is 25.6 Å². The molecule has 1 aromatic heterocycles. The molecule has 1 N–H and O–H groups in total. The smallest absolute Gasteiger partial charge is 0.275 e. The van der Waals surface area contributed by atoms with Crippen molar-refractivity contribution in [1.29, 1.82) is 0 Å². The van der Waals surface area contributed by atoms with E-state index in [0.717, 1.165) is 29.6 Å². The van der Waals surface area contributed by atoms with Crippen LogP contribution in [0.2, 0.25) is 0 Å². The number of aromatic amines is 1. The molecule has 3 aliphatic rings. The number of piperidine rings is 1. The summed E-state index contributed by atoms with van der Waals surface area (Å²) in [5.41, 5.74) is 1.69. The standard InChI is InChI=1S/C15H16N4O2/c1-18-12-7-19(11-6-15(11,12)18)14(20)13-9-4-3-8(21-2)5-10(9)16-17-13/h3-5,11-12H,6-7H2,1-2H3,(H,16,17)/t11-,12+,15?,18?/m0/s1. The van der Waals surface area contributed by atoms with Crippen molar-refractivity contribution < 1.29 is 9.53 Å². The van der Waals surface area contributed by atoms with E-state index in [1.807, 2.05) is 23.1 Å². The highest BCUT2D eigenvalue weighted by Crippen LogP contribution is 2.65. The zero-order valence-electron chi connectivity index (χ0n) is 12.0. The van der Waals surface area contributed by atoms with E-state index in [4.69, 9.17) is 4.74 Å². The van der Waals surface area contributed by atoms with Crippen LogP contribution >= 0.6 is 0 Å². The molecular weight excluding hydrogens is 268 g/mol. The topological polar surface area (TPSA) is 61.2 Å². The fraction of sp³-hybridized carbons (Fsp3) is 0.467. The molecule has 0 bridgehead atoms.